The fourth-order valence-corrected chi connectivity index (χ4v) is 3.63. The van der Waals surface area contributed by atoms with Gasteiger partial charge in [-0.1, -0.05) is 42.0 Å². The van der Waals surface area contributed by atoms with Crippen molar-refractivity contribution in [1.29, 1.82) is 0 Å². The summed E-state index contributed by atoms with van der Waals surface area (Å²) < 4.78 is 0. The van der Waals surface area contributed by atoms with Crippen LogP contribution < -0.4 is 0 Å². The highest BCUT2D eigenvalue weighted by Gasteiger charge is 2.27. The quantitative estimate of drug-likeness (QED) is 0.784. The van der Waals surface area contributed by atoms with E-state index in [1.165, 1.54) is 27.8 Å². The molecule has 108 valence electrons. The van der Waals surface area contributed by atoms with E-state index in [1.54, 1.807) is 0 Å². The summed E-state index contributed by atoms with van der Waals surface area (Å²) in [5, 5.41) is 0. The Balaban J connectivity index is 1.89. The number of hydrogen-bond acceptors (Lipinski definition) is 1. The van der Waals surface area contributed by atoms with Gasteiger partial charge in [0.2, 0.25) is 0 Å². The molecule has 0 fully saturated rings. The lowest BCUT2D eigenvalue weighted by atomic mass is 9.78. The third kappa shape index (κ3) is 2.65. The molecule has 0 amide bonds. The predicted molar refractivity (Wildman–Crippen MR) is 86.9 cm³/mol. The van der Waals surface area contributed by atoms with Crippen molar-refractivity contribution in [3.05, 3.63) is 69.8 Å². The highest BCUT2D eigenvalue weighted by atomic mass is 16.1. The van der Waals surface area contributed by atoms with Crippen LogP contribution in [0.4, 0.5) is 0 Å². The van der Waals surface area contributed by atoms with Crippen molar-refractivity contribution < 1.29 is 4.79 Å². The van der Waals surface area contributed by atoms with Gasteiger partial charge in [0.1, 0.15) is 0 Å². The van der Waals surface area contributed by atoms with Gasteiger partial charge in [0.15, 0.2) is 5.78 Å². The Bertz CT molecular complexity index is 674. The first-order chi connectivity index (χ1) is 10.1. The SMILES string of the molecule is Cc1cc(C)c(CC2CCc3ccccc3C2=O)c(C)c1. The fourth-order valence-electron chi connectivity index (χ4n) is 3.63. The van der Waals surface area contributed by atoms with E-state index in [4.69, 9.17) is 0 Å². The fraction of sp³-hybridized carbons (Fsp3) is 0.350. The molecule has 0 aromatic heterocycles. The van der Waals surface area contributed by atoms with Gasteiger partial charge >= 0.3 is 0 Å². The second-order valence-electron chi connectivity index (χ2n) is 6.34. The number of carbonyl (C=O) groups is 1. The Kier molecular flexibility index (Phi) is 3.67. The number of benzene rings is 2. The molecular weight excluding hydrogens is 256 g/mol. The minimum atomic E-state index is 0.139. The largest absolute Gasteiger partial charge is 0.294 e. The molecule has 0 saturated heterocycles. The number of hydrogen-bond donors (Lipinski definition) is 0. The van der Waals surface area contributed by atoms with E-state index in [0.29, 0.717) is 5.78 Å². The number of rotatable bonds is 2. The Morgan fingerprint density at radius 2 is 1.71 bits per heavy atom. The first kappa shape index (κ1) is 14.1. The van der Waals surface area contributed by atoms with Crippen LogP contribution in [0.3, 0.4) is 0 Å². The van der Waals surface area contributed by atoms with E-state index >= 15 is 0 Å². The van der Waals surface area contributed by atoms with Crippen LogP contribution in [0, 0.1) is 26.7 Å². The van der Waals surface area contributed by atoms with E-state index < -0.39 is 0 Å². The van der Waals surface area contributed by atoms with Crippen LogP contribution in [0.15, 0.2) is 36.4 Å². The number of Topliss-reactive ketones (excluding diaryl/α,β-unsaturated/α-hetero) is 1. The molecule has 2 aromatic rings. The Morgan fingerprint density at radius 1 is 1.05 bits per heavy atom. The monoisotopic (exact) mass is 278 g/mol. The van der Waals surface area contributed by atoms with Crippen LogP contribution in [0.2, 0.25) is 0 Å². The minimum absolute atomic E-state index is 0.139. The molecule has 2 aromatic carbocycles. The smallest absolute Gasteiger partial charge is 0.166 e. The van der Waals surface area contributed by atoms with Crippen LogP contribution >= 0.6 is 0 Å². The summed E-state index contributed by atoms with van der Waals surface area (Å²) in [7, 11) is 0. The number of carbonyl (C=O) groups excluding carboxylic acids is 1. The molecule has 1 nitrogen and oxygen atoms in total. The van der Waals surface area contributed by atoms with Crippen molar-refractivity contribution >= 4 is 5.78 Å². The van der Waals surface area contributed by atoms with Crippen molar-refractivity contribution in [2.75, 3.05) is 0 Å². The molecule has 0 bridgehead atoms. The molecular formula is C20H22O. The average Bonchev–Trinajstić information content (AvgIpc) is 2.45. The van der Waals surface area contributed by atoms with Crippen LogP contribution in [0.1, 0.15) is 44.6 Å². The summed E-state index contributed by atoms with van der Waals surface area (Å²) in [4.78, 5) is 12.7. The molecule has 1 atom stereocenters. The van der Waals surface area contributed by atoms with E-state index in [2.05, 4.69) is 39.0 Å². The molecule has 1 heteroatoms. The van der Waals surface area contributed by atoms with Gasteiger partial charge in [-0.2, -0.15) is 0 Å². The topological polar surface area (TPSA) is 17.1 Å². The number of fused-ring (bicyclic) bond motifs is 1. The molecule has 3 rings (SSSR count). The molecule has 0 spiro atoms. The molecule has 0 radical (unpaired) electrons. The molecule has 21 heavy (non-hydrogen) atoms. The Morgan fingerprint density at radius 3 is 2.43 bits per heavy atom. The van der Waals surface area contributed by atoms with Crippen LogP contribution in [-0.2, 0) is 12.8 Å². The van der Waals surface area contributed by atoms with Crippen molar-refractivity contribution in [1.82, 2.24) is 0 Å². The van der Waals surface area contributed by atoms with Crippen LogP contribution in [0.25, 0.3) is 0 Å². The molecule has 1 aliphatic carbocycles. The van der Waals surface area contributed by atoms with Gasteiger partial charge in [0.05, 0.1) is 0 Å². The predicted octanol–water partition coefficient (Wildman–Crippen LogP) is 4.60. The summed E-state index contributed by atoms with van der Waals surface area (Å²) >= 11 is 0. The lowest BCUT2D eigenvalue weighted by Crippen LogP contribution is -2.25. The molecule has 0 N–H and O–H groups in total. The van der Waals surface area contributed by atoms with Gasteiger partial charge < -0.3 is 0 Å². The second kappa shape index (κ2) is 5.48. The summed E-state index contributed by atoms with van der Waals surface area (Å²) in [5.41, 5.74) is 7.46. The highest BCUT2D eigenvalue weighted by molar-refractivity contribution is 6.00. The molecule has 1 unspecified atom stereocenters. The highest BCUT2D eigenvalue weighted by Crippen LogP contribution is 2.30. The van der Waals surface area contributed by atoms with Crippen molar-refractivity contribution in [3.63, 3.8) is 0 Å². The maximum Gasteiger partial charge on any atom is 0.166 e. The number of aryl methyl sites for hydroxylation is 4. The zero-order valence-electron chi connectivity index (χ0n) is 13.1. The Labute approximate surface area is 127 Å². The van der Waals surface area contributed by atoms with Crippen molar-refractivity contribution in [3.8, 4) is 0 Å². The van der Waals surface area contributed by atoms with Gasteiger partial charge in [0.25, 0.3) is 0 Å². The first-order valence-corrected chi connectivity index (χ1v) is 7.75. The Hall–Kier alpha value is -1.89. The summed E-state index contributed by atoms with van der Waals surface area (Å²) in [6.07, 6.45) is 2.88. The van der Waals surface area contributed by atoms with Gasteiger partial charge in [-0.3, -0.25) is 4.79 Å². The van der Waals surface area contributed by atoms with E-state index in [0.717, 1.165) is 24.8 Å². The second-order valence-corrected chi connectivity index (χ2v) is 6.34. The van der Waals surface area contributed by atoms with E-state index in [-0.39, 0.29) is 5.92 Å². The van der Waals surface area contributed by atoms with Gasteiger partial charge in [-0.05, 0) is 62.3 Å². The van der Waals surface area contributed by atoms with Crippen LogP contribution in [-0.4, -0.2) is 5.78 Å². The van der Waals surface area contributed by atoms with E-state index in [1.807, 2.05) is 18.2 Å². The summed E-state index contributed by atoms with van der Waals surface area (Å²) in [6.45, 7) is 6.46. The van der Waals surface area contributed by atoms with Gasteiger partial charge in [-0.25, -0.2) is 0 Å². The third-order valence-corrected chi connectivity index (χ3v) is 4.71. The van der Waals surface area contributed by atoms with Crippen LogP contribution in [0.5, 0.6) is 0 Å². The summed E-state index contributed by atoms with van der Waals surface area (Å²) in [5.74, 6) is 0.469. The summed E-state index contributed by atoms with van der Waals surface area (Å²) in [6, 6.07) is 12.5. The lowest BCUT2D eigenvalue weighted by Gasteiger charge is -2.24. The standard InChI is InChI=1S/C20H22O/c1-13-10-14(2)19(15(3)11-13)12-17-9-8-16-6-4-5-7-18(16)20(17)21/h4-7,10-11,17H,8-9,12H2,1-3H3. The van der Waals surface area contributed by atoms with Crippen molar-refractivity contribution in [2.45, 2.75) is 40.0 Å². The zero-order chi connectivity index (χ0) is 15.0. The van der Waals surface area contributed by atoms with Gasteiger partial charge in [-0.15, -0.1) is 0 Å². The minimum Gasteiger partial charge on any atom is -0.294 e. The van der Waals surface area contributed by atoms with E-state index in [9.17, 15) is 4.79 Å². The number of ketones is 1. The normalized spacial score (nSPS) is 17.7. The maximum absolute atomic E-state index is 12.7. The zero-order valence-corrected chi connectivity index (χ0v) is 13.1. The molecule has 0 heterocycles. The molecule has 0 saturated carbocycles. The average molecular weight is 278 g/mol. The lowest BCUT2D eigenvalue weighted by molar-refractivity contribution is 0.0901. The third-order valence-electron chi connectivity index (χ3n) is 4.71. The molecule has 0 aliphatic heterocycles. The van der Waals surface area contributed by atoms with Gasteiger partial charge in [0, 0.05) is 11.5 Å². The first-order valence-electron chi connectivity index (χ1n) is 7.75. The molecule has 1 aliphatic rings. The maximum atomic E-state index is 12.7. The van der Waals surface area contributed by atoms with Crippen molar-refractivity contribution in [2.24, 2.45) is 5.92 Å².